The molecule has 0 bridgehead atoms. The molecule has 2 heterocycles. The number of rotatable bonds is 7. The molecule has 0 atom stereocenters. The Morgan fingerprint density at radius 2 is 1.91 bits per heavy atom. The summed E-state index contributed by atoms with van der Waals surface area (Å²) in [6.07, 6.45) is 0. The van der Waals surface area contributed by atoms with Gasteiger partial charge in [-0.2, -0.15) is 0 Å². The number of hydrogen-bond donors (Lipinski definition) is 4. The third kappa shape index (κ3) is 4.81. The summed E-state index contributed by atoms with van der Waals surface area (Å²) >= 11 is 0. The number of oxazole rings is 1. The summed E-state index contributed by atoms with van der Waals surface area (Å²) in [6, 6.07) is 8.50. The number of methoxy groups -OCH3 is 1. The molecule has 6 N–H and O–H groups in total. The molecular weight excluding hydrogens is 485 g/mol. The molecule has 0 radical (unpaired) electrons. The molecule has 0 aliphatic carbocycles. The van der Waals surface area contributed by atoms with Crippen LogP contribution in [0.2, 0.25) is 0 Å². The van der Waals surface area contributed by atoms with Crippen molar-refractivity contribution in [2.75, 3.05) is 7.11 Å². The second kappa shape index (κ2) is 9.13. The number of primary amides is 1. The molecule has 0 aliphatic rings. The van der Waals surface area contributed by atoms with Crippen molar-refractivity contribution in [2.45, 2.75) is 11.4 Å². The Bertz CT molecular complexity index is 1500. The van der Waals surface area contributed by atoms with Crippen LogP contribution in [0.4, 0.5) is 9.18 Å². The number of nitrogens with zero attached hydrogens (tertiary/aromatic N) is 4. The summed E-state index contributed by atoms with van der Waals surface area (Å²) < 4.78 is 48.6. The minimum Gasteiger partial charge on any atom is -0.494 e. The van der Waals surface area contributed by atoms with Gasteiger partial charge in [0.25, 0.3) is 0 Å². The van der Waals surface area contributed by atoms with E-state index in [1.165, 1.54) is 43.5 Å². The van der Waals surface area contributed by atoms with E-state index in [0.29, 0.717) is 11.1 Å². The molecule has 35 heavy (non-hydrogen) atoms. The predicted octanol–water partition coefficient (Wildman–Crippen LogP) is 1.86. The highest BCUT2D eigenvalue weighted by Gasteiger charge is 2.24. The van der Waals surface area contributed by atoms with E-state index in [4.69, 9.17) is 20.0 Å². The number of aromatic nitrogens is 4. The quantitative estimate of drug-likeness (QED) is 0.214. The van der Waals surface area contributed by atoms with Crippen LogP contribution in [0.25, 0.3) is 34.2 Å². The van der Waals surface area contributed by atoms with Crippen molar-refractivity contribution < 1.29 is 32.0 Å². The van der Waals surface area contributed by atoms with Gasteiger partial charge in [-0.3, -0.25) is 10.3 Å². The topological polar surface area (TPSA) is 204 Å². The number of halogens is 1. The van der Waals surface area contributed by atoms with Crippen LogP contribution in [0.5, 0.6) is 5.75 Å². The van der Waals surface area contributed by atoms with Gasteiger partial charge in [-0.1, -0.05) is 5.21 Å². The van der Waals surface area contributed by atoms with E-state index in [2.05, 4.69) is 20.4 Å². The normalized spacial score (nSPS) is 11.4. The number of amides is 2. The molecule has 0 saturated carbocycles. The smallest absolute Gasteiger partial charge is 0.338 e. The molecule has 0 saturated heterocycles. The summed E-state index contributed by atoms with van der Waals surface area (Å²) in [5, 5.41) is 25.1. The third-order valence-electron chi connectivity index (χ3n) is 4.89. The lowest BCUT2D eigenvalue weighted by Crippen LogP contribution is -2.32. The maximum atomic E-state index is 14.5. The number of hydroxylamine groups is 2. The molecule has 13 nitrogen and oxygen atoms in total. The first-order valence-corrected chi connectivity index (χ1v) is 11.3. The van der Waals surface area contributed by atoms with Crippen molar-refractivity contribution in [3.8, 4) is 39.9 Å². The Morgan fingerprint density at radius 1 is 1.23 bits per heavy atom. The van der Waals surface area contributed by atoms with E-state index in [-0.39, 0.29) is 44.4 Å². The van der Waals surface area contributed by atoms with Crippen LogP contribution in [0.1, 0.15) is 5.69 Å². The molecule has 0 spiro atoms. The number of urea groups is 1. The number of aromatic amines is 1. The first-order valence-electron chi connectivity index (χ1n) is 9.72. The highest BCUT2D eigenvalue weighted by Crippen LogP contribution is 2.37. The van der Waals surface area contributed by atoms with Gasteiger partial charge in [0, 0.05) is 11.1 Å². The number of carbonyl (C=O) groups excluding carboxylic acids is 1. The van der Waals surface area contributed by atoms with Crippen LogP contribution >= 0.6 is 0 Å². The van der Waals surface area contributed by atoms with E-state index in [9.17, 15) is 22.8 Å². The van der Waals surface area contributed by atoms with Crippen molar-refractivity contribution in [2.24, 2.45) is 10.9 Å². The van der Waals surface area contributed by atoms with Crippen molar-refractivity contribution in [3.05, 3.63) is 54.0 Å². The Hall–Kier alpha value is -4.34. The zero-order valence-electron chi connectivity index (χ0n) is 18.0. The van der Waals surface area contributed by atoms with Crippen LogP contribution in [0, 0.1) is 5.82 Å². The Kier molecular flexibility index (Phi) is 6.21. The zero-order chi connectivity index (χ0) is 25.3. The average molecular weight is 503 g/mol. The summed E-state index contributed by atoms with van der Waals surface area (Å²) in [6.45, 7) is -0.422. The second-order valence-corrected chi connectivity index (χ2v) is 8.71. The van der Waals surface area contributed by atoms with E-state index >= 15 is 0 Å². The third-order valence-corrected chi connectivity index (χ3v) is 5.82. The van der Waals surface area contributed by atoms with Crippen molar-refractivity contribution in [3.63, 3.8) is 0 Å². The van der Waals surface area contributed by atoms with E-state index in [1.807, 2.05) is 0 Å². The molecule has 0 unspecified atom stereocenters. The van der Waals surface area contributed by atoms with E-state index < -0.39 is 28.4 Å². The van der Waals surface area contributed by atoms with E-state index in [0.717, 1.165) is 0 Å². The fourth-order valence-electron chi connectivity index (χ4n) is 3.18. The molecular formula is C20H18FN7O6S. The molecule has 182 valence electrons. The molecule has 2 aromatic carbocycles. The van der Waals surface area contributed by atoms with Gasteiger partial charge in [0.1, 0.15) is 17.1 Å². The minimum atomic E-state index is -3.93. The molecule has 0 aliphatic heterocycles. The number of hydrogen-bond acceptors (Lipinski definition) is 9. The summed E-state index contributed by atoms with van der Waals surface area (Å²) in [7, 11) is -2.60. The maximum absolute atomic E-state index is 14.5. The van der Waals surface area contributed by atoms with Gasteiger partial charge < -0.3 is 14.9 Å². The Morgan fingerprint density at radius 3 is 2.51 bits per heavy atom. The summed E-state index contributed by atoms with van der Waals surface area (Å²) in [5.74, 6) is -0.529. The molecule has 4 rings (SSSR count). The van der Waals surface area contributed by atoms with Crippen molar-refractivity contribution >= 4 is 16.1 Å². The minimum absolute atomic E-state index is 0.0195. The van der Waals surface area contributed by atoms with Crippen LogP contribution in [-0.2, 0) is 16.6 Å². The maximum Gasteiger partial charge on any atom is 0.338 e. The first kappa shape index (κ1) is 23.8. The first-order chi connectivity index (χ1) is 16.6. The van der Waals surface area contributed by atoms with Crippen LogP contribution in [0.3, 0.4) is 0 Å². The number of primary sulfonamides is 1. The fourth-order valence-corrected chi connectivity index (χ4v) is 3.70. The number of ether oxygens (including phenoxy) is 1. The van der Waals surface area contributed by atoms with Crippen LogP contribution in [-0.4, -0.2) is 52.2 Å². The molecule has 15 heteroatoms. The van der Waals surface area contributed by atoms with Gasteiger partial charge in [-0.05, 0) is 42.5 Å². The molecule has 2 aromatic heterocycles. The van der Waals surface area contributed by atoms with Gasteiger partial charge in [-0.25, -0.2) is 32.8 Å². The van der Waals surface area contributed by atoms with Gasteiger partial charge in [0.05, 0.1) is 18.6 Å². The summed E-state index contributed by atoms with van der Waals surface area (Å²) in [4.78, 5) is 15.5. The molecule has 4 aromatic rings. The number of nitrogens with one attached hydrogen (secondary N) is 1. The molecule has 2 amide bonds. The lowest BCUT2D eigenvalue weighted by atomic mass is 10.1. The van der Waals surface area contributed by atoms with Crippen molar-refractivity contribution in [1.29, 1.82) is 0 Å². The Balaban J connectivity index is 1.85. The predicted molar refractivity (Wildman–Crippen MR) is 118 cm³/mol. The van der Waals surface area contributed by atoms with Crippen LogP contribution in [0.15, 0.2) is 51.8 Å². The number of nitrogens with two attached hydrogens (primary N) is 2. The Labute approximate surface area is 197 Å². The van der Waals surface area contributed by atoms with Crippen LogP contribution < -0.4 is 15.6 Å². The number of sulfonamides is 1. The number of carbonyl (C=O) groups is 1. The lowest BCUT2D eigenvalue weighted by Gasteiger charge is -2.09. The van der Waals surface area contributed by atoms with Gasteiger partial charge in [-0.15, -0.1) is 5.10 Å². The highest BCUT2D eigenvalue weighted by atomic mass is 32.2. The highest BCUT2D eigenvalue weighted by molar-refractivity contribution is 7.89. The molecule has 0 fully saturated rings. The van der Waals surface area contributed by atoms with Gasteiger partial charge >= 0.3 is 6.03 Å². The number of H-pyrrole nitrogens is 1. The standard InChI is InChI=1S/C20H18FN7O6S/c1-33-15-7-4-11(8-13(15)21)16-18(10-2-5-12(6-3-10)35(23,31)32)34-19(24-16)17-14(25-27-26-17)9-28(30)20(22)29/h2-8,30H,9H2,1H3,(H2,22,29)(H2,23,31,32)(H,25,26,27). The average Bonchev–Trinajstić information content (AvgIpc) is 3.45. The van der Waals surface area contributed by atoms with E-state index in [1.54, 1.807) is 6.07 Å². The fraction of sp³-hybridized carbons (Fsp3) is 0.100. The van der Waals surface area contributed by atoms with Gasteiger partial charge in [0.2, 0.25) is 15.9 Å². The summed E-state index contributed by atoms with van der Waals surface area (Å²) in [5.41, 5.74) is 6.16. The van der Waals surface area contributed by atoms with Gasteiger partial charge in [0.15, 0.2) is 17.3 Å². The lowest BCUT2D eigenvalue weighted by molar-refractivity contribution is -0.0478. The van der Waals surface area contributed by atoms with Crippen molar-refractivity contribution in [1.82, 2.24) is 25.5 Å². The SMILES string of the molecule is COc1ccc(-c2nc(-c3[nH]nnc3CN(O)C(N)=O)oc2-c2ccc(S(N)(=O)=O)cc2)cc1F. The zero-order valence-corrected chi connectivity index (χ0v) is 18.8. The number of benzene rings is 2. The monoisotopic (exact) mass is 503 g/mol. The largest absolute Gasteiger partial charge is 0.494 e. The second-order valence-electron chi connectivity index (χ2n) is 7.14.